The third kappa shape index (κ3) is 8.07. The number of ether oxygens (including phenoxy) is 5. The van der Waals surface area contributed by atoms with Crippen molar-refractivity contribution in [3.05, 3.63) is 144 Å². The van der Waals surface area contributed by atoms with Gasteiger partial charge in [0.15, 0.2) is 29.3 Å². The number of aromatic nitrogens is 4. The highest BCUT2D eigenvalue weighted by Gasteiger charge is 2.49. The Hall–Kier alpha value is -6.35. The lowest BCUT2D eigenvalue weighted by atomic mass is 9.80. The van der Waals surface area contributed by atoms with E-state index in [9.17, 15) is 14.7 Å². The highest BCUT2D eigenvalue weighted by atomic mass is 16.6. The average Bonchev–Trinajstić information content (AvgIpc) is 3.81. The Morgan fingerprint density at radius 1 is 0.845 bits per heavy atom. The van der Waals surface area contributed by atoms with E-state index in [4.69, 9.17) is 23.7 Å². The van der Waals surface area contributed by atoms with Crippen LogP contribution in [-0.2, 0) is 35.8 Å². The molecule has 0 spiro atoms. The first-order valence-electron chi connectivity index (χ1n) is 18.8. The molecule has 14 heteroatoms. The predicted molar refractivity (Wildman–Crippen MR) is 215 cm³/mol. The summed E-state index contributed by atoms with van der Waals surface area (Å²) in [6.07, 6.45) is -1.49. The smallest absolute Gasteiger partial charge is 0.303 e. The number of amides is 1. The first-order valence-corrected chi connectivity index (χ1v) is 18.8. The number of nitrogens with one attached hydrogen (secondary N) is 1. The van der Waals surface area contributed by atoms with Gasteiger partial charge in [0.2, 0.25) is 0 Å². The van der Waals surface area contributed by atoms with Gasteiger partial charge in [-0.15, -0.1) is 0 Å². The number of nitrogens with zero attached hydrogens (tertiary/aromatic N) is 5. The van der Waals surface area contributed by atoms with Gasteiger partial charge in [-0.3, -0.25) is 14.2 Å². The van der Waals surface area contributed by atoms with E-state index in [1.807, 2.05) is 128 Å². The molecule has 5 atom stereocenters. The van der Waals surface area contributed by atoms with E-state index < -0.39 is 48.1 Å². The van der Waals surface area contributed by atoms with Crippen LogP contribution in [0.4, 0.5) is 5.82 Å². The van der Waals surface area contributed by atoms with E-state index >= 15 is 0 Å². The second kappa shape index (κ2) is 17.4. The van der Waals surface area contributed by atoms with Crippen molar-refractivity contribution in [3.63, 3.8) is 0 Å². The first-order chi connectivity index (χ1) is 28.1. The summed E-state index contributed by atoms with van der Waals surface area (Å²) >= 11 is 0. The minimum Gasteiger partial charge on any atom is -0.497 e. The van der Waals surface area contributed by atoms with Crippen LogP contribution >= 0.6 is 0 Å². The summed E-state index contributed by atoms with van der Waals surface area (Å²) in [5.74, 6) is 0.687. The van der Waals surface area contributed by atoms with Gasteiger partial charge in [-0.05, 0) is 46.5 Å². The number of aliphatic hydroxyl groups excluding tert-OH is 1. The van der Waals surface area contributed by atoms with E-state index in [0.717, 1.165) is 22.3 Å². The highest BCUT2D eigenvalue weighted by molar-refractivity contribution is 5.84. The number of methoxy groups -OCH3 is 2. The Labute approximate surface area is 336 Å². The maximum absolute atomic E-state index is 14.2. The summed E-state index contributed by atoms with van der Waals surface area (Å²) in [5.41, 5.74) is 2.86. The zero-order chi connectivity index (χ0) is 40.8. The van der Waals surface area contributed by atoms with E-state index in [2.05, 4.69) is 20.3 Å². The maximum Gasteiger partial charge on any atom is 0.303 e. The molecule has 300 valence electrons. The van der Waals surface area contributed by atoms with Crippen molar-refractivity contribution in [2.45, 2.75) is 49.5 Å². The SMILES string of the molecule is COc1ccc(C(OC[C@H]2O[C@@H](n3cnc4c(N(C)C)ncnc43)[C@H](O)[C@@H]2NC(=O)[C@H](Cc2ccccc2)OC(C)=O)(c2ccccc2)c2ccc(OC)cc2)cc1. The molecule has 2 aromatic heterocycles. The van der Waals surface area contributed by atoms with E-state index in [-0.39, 0.29) is 13.0 Å². The Bertz CT molecular complexity index is 2260. The average molecular weight is 787 g/mol. The zero-order valence-electron chi connectivity index (χ0n) is 32.9. The highest BCUT2D eigenvalue weighted by Crippen LogP contribution is 2.43. The van der Waals surface area contributed by atoms with E-state index in [1.165, 1.54) is 19.6 Å². The van der Waals surface area contributed by atoms with Gasteiger partial charge in [-0.2, -0.15) is 0 Å². The fourth-order valence-corrected chi connectivity index (χ4v) is 7.40. The molecule has 58 heavy (non-hydrogen) atoms. The number of benzene rings is 4. The summed E-state index contributed by atoms with van der Waals surface area (Å²) < 4.78 is 32.1. The minimum absolute atomic E-state index is 0.114. The molecule has 3 heterocycles. The second-order valence-corrected chi connectivity index (χ2v) is 14.1. The van der Waals surface area contributed by atoms with Gasteiger partial charge in [0.25, 0.3) is 5.91 Å². The number of imidazole rings is 1. The zero-order valence-corrected chi connectivity index (χ0v) is 32.9. The molecule has 7 rings (SSSR count). The topological polar surface area (TPSA) is 159 Å². The molecule has 2 N–H and O–H groups in total. The number of rotatable bonds is 15. The van der Waals surface area contributed by atoms with E-state index in [0.29, 0.717) is 28.5 Å². The Balaban J connectivity index is 1.30. The number of hydrogen-bond acceptors (Lipinski definition) is 12. The van der Waals surface area contributed by atoms with Crippen LogP contribution in [0, 0.1) is 0 Å². The molecule has 0 unspecified atom stereocenters. The molecular formula is C44H46N6O8. The number of carbonyl (C=O) groups is 2. The normalized spacial score (nSPS) is 18.4. The fraction of sp³-hybridized carbons (Fsp3) is 0.295. The Morgan fingerprint density at radius 3 is 2.00 bits per heavy atom. The van der Waals surface area contributed by atoms with Gasteiger partial charge in [-0.1, -0.05) is 84.9 Å². The van der Waals surface area contributed by atoms with Crippen LogP contribution in [0.5, 0.6) is 11.5 Å². The lowest BCUT2D eigenvalue weighted by molar-refractivity contribution is -0.154. The number of anilines is 1. The molecular weight excluding hydrogens is 741 g/mol. The van der Waals surface area contributed by atoms with Gasteiger partial charge in [0.1, 0.15) is 35.6 Å². The van der Waals surface area contributed by atoms with Gasteiger partial charge < -0.3 is 39.0 Å². The van der Waals surface area contributed by atoms with Crippen LogP contribution in [0.15, 0.2) is 122 Å². The van der Waals surface area contributed by atoms with Crippen LogP contribution in [0.25, 0.3) is 11.2 Å². The quantitative estimate of drug-likeness (QED) is 0.108. The number of hydrogen-bond donors (Lipinski definition) is 2. The van der Waals surface area contributed by atoms with Crippen LogP contribution in [0.3, 0.4) is 0 Å². The molecule has 1 saturated heterocycles. The number of aliphatic hydroxyl groups is 1. The summed E-state index contributed by atoms with van der Waals surface area (Å²) in [6.45, 7) is 1.12. The molecule has 6 aromatic rings. The van der Waals surface area contributed by atoms with Crippen molar-refractivity contribution in [3.8, 4) is 11.5 Å². The van der Waals surface area contributed by atoms with Crippen molar-refractivity contribution in [2.75, 3.05) is 39.8 Å². The number of carbonyl (C=O) groups excluding carboxylic acids is 2. The molecule has 1 aliphatic rings. The third-order valence-corrected chi connectivity index (χ3v) is 10.2. The fourth-order valence-electron chi connectivity index (χ4n) is 7.40. The lowest BCUT2D eigenvalue weighted by Gasteiger charge is -2.37. The van der Waals surface area contributed by atoms with Gasteiger partial charge >= 0.3 is 5.97 Å². The van der Waals surface area contributed by atoms with Crippen molar-refractivity contribution in [1.29, 1.82) is 0 Å². The summed E-state index contributed by atoms with van der Waals surface area (Å²) in [4.78, 5) is 41.7. The van der Waals surface area contributed by atoms with Crippen molar-refractivity contribution >= 4 is 28.9 Å². The molecule has 0 radical (unpaired) electrons. The minimum atomic E-state index is -1.34. The number of esters is 1. The van der Waals surface area contributed by atoms with Gasteiger partial charge in [0.05, 0.1) is 33.2 Å². The predicted octanol–water partition coefficient (Wildman–Crippen LogP) is 4.84. The van der Waals surface area contributed by atoms with Crippen LogP contribution < -0.4 is 19.7 Å². The first kappa shape index (κ1) is 39.9. The molecule has 1 aliphatic heterocycles. The van der Waals surface area contributed by atoms with Gasteiger partial charge in [-0.25, -0.2) is 15.0 Å². The van der Waals surface area contributed by atoms with E-state index in [1.54, 1.807) is 18.8 Å². The van der Waals surface area contributed by atoms with Gasteiger partial charge in [0, 0.05) is 27.4 Å². The molecule has 0 aliphatic carbocycles. The molecule has 0 bridgehead atoms. The van der Waals surface area contributed by atoms with Crippen LogP contribution in [0.1, 0.15) is 35.4 Å². The number of fused-ring (bicyclic) bond motifs is 1. The Morgan fingerprint density at radius 2 is 1.43 bits per heavy atom. The van der Waals surface area contributed by atoms with Crippen molar-refractivity contribution < 1.29 is 38.4 Å². The van der Waals surface area contributed by atoms with Crippen LogP contribution in [-0.4, -0.2) is 95.8 Å². The maximum atomic E-state index is 14.2. The molecule has 0 saturated carbocycles. The molecule has 14 nitrogen and oxygen atoms in total. The summed E-state index contributed by atoms with van der Waals surface area (Å²) in [5, 5.41) is 15.2. The van der Waals surface area contributed by atoms with Crippen molar-refractivity contribution in [2.24, 2.45) is 0 Å². The summed E-state index contributed by atoms with van der Waals surface area (Å²) in [6, 6.07) is 33.2. The molecule has 4 aromatic carbocycles. The standard InChI is InChI=1S/C44H46N6O8/c1-28(51)57-35(24-29-12-8-6-9-13-29)42(53)48-37-36(58-43(39(37)52)50-27-47-38-40(49(2)3)45-26-46-41(38)50)25-56-44(30-14-10-7-11-15-30,31-16-20-33(54-4)21-17-31)32-18-22-34(55-5)23-19-32/h6-23,26-27,35-37,39,43,52H,24-25H2,1-5H3,(H,48,53)/t35-,36+,37+,39+,43+/m0/s1. The second-order valence-electron chi connectivity index (χ2n) is 14.1. The lowest BCUT2D eigenvalue weighted by Crippen LogP contribution is -2.53. The third-order valence-electron chi connectivity index (χ3n) is 10.2. The molecule has 1 amide bonds. The van der Waals surface area contributed by atoms with Crippen LogP contribution in [0.2, 0.25) is 0 Å². The Kier molecular flexibility index (Phi) is 12.0. The monoisotopic (exact) mass is 786 g/mol. The van der Waals surface area contributed by atoms with Crippen molar-refractivity contribution in [1.82, 2.24) is 24.8 Å². The summed E-state index contributed by atoms with van der Waals surface area (Å²) in [7, 11) is 6.91. The molecule has 1 fully saturated rings. The largest absolute Gasteiger partial charge is 0.497 e.